The van der Waals surface area contributed by atoms with E-state index in [0.717, 1.165) is 12.8 Å². The minimum Gasteiger partial charge on any atom is -0.382 e. The first kappa shape index (κ1) is 8.51. The molecule has 0 amide bonds. The number of nitrogens with two attached hydrogens (primary N) is 1. The van der Waals surface area contributed by atoms with Crippen LogP contribution in [0.5, 0.6) is 0 Å². The summed E-state index contributed by atoms with van der Waals surface area (Å²) in [5.41, 5.74) is 6.44. The summed E-state index contributed by atoms with van der Waals surface area (Å²) in [5, 5.41) is 0.614. The molecule has 0 aliphatic heterocycles. The Bertz CT molecular complexity index is 327. The number of aliphatic imine (C=N–C) groups is 1. The van der Waals surface area contributed by atoms with Crippen molar-refractivity contribution >= 4 is 17.4 Å². The summed E-state index contributed by atoms with van der Waals surface area (Å²) < 4.78 is 0. The molecule has 0 saturated heterocycles. The second-order valence-corrected chi connectivity index (χ2v) is 3.54. The van der Waals surface area contributed by atoms with Crippen molar-refractivity contribution in [3.05, 3.63) is 29.0 Å². The molecular formula is C9H10ClN3. The zero-order chi connectivity index (χ0) is 9.26. The second-order valence-electron chi connectivity index (χ2n) is 3.11. The summed E-state index contributed by atoms with van der Waals surface area (Å²) in [6.45, 7) is 0. The first-order chi connectivity index (χ1) is 6.25. The molecule has 1 aliphatic carbocycles. The van der Waals surface area contributed by atoms with Gasteiger partial charge in [-0.2, -0.15) is 0 Å². The molecule has 1 aromatic heterocycles. The molecule has 4 heteroatoms. The summed E-state index contributed by atoms with van der Waals surface area (Å²) in [4.78, 5) is 8.35. The number of aromatic nitrogens is 1. The highest BCUT2D eigenvalue weighted by molar-refractivity contribution is 6.30. The molecule has 0 unspecified atom stereocenters. The molecule has 1 saturated carbocycles. The Hall–Kier alpha value is -1.09. The smallest absolute Gasteiger partial charge is 0.144 e. The van der Waals surface area contributed by atoms with Gasteiger partial charge in [-0.05, 0) is 25.0 Å². The molecule has 13 heavy (non-hydrogen) atoms. The van der Waals surface area contributed by atoms with Crippen molar-refractivity contribution in [1.82, 2.24) is 4.98 Å². The van der Waals surface area contributed by atoms with Crippen LogP contribution in [0.1, 0.15) is 18.5 Å². The Kier molecular flexibility index (Phi) is 2.19. The Morgan fingerprint density at radius 1 is 1.54 bits per heavy atom. The molecule has 3 nitrogen and oxygen atoms in total. The van der Waals surface area contributed by atoms with E-state index in [2.05, 4.69) is 9.98 Å². The molecule has 0 radical (unpaired) electrons. The third-order valence-electron chi connectivity index (χ3n) is 1.86. The number of hydrogen-bond acceptors (Lipinski definition) is 2. The largest absolute Gasteiger partial charge is 0.382 e. The molecule has 0 spiro atoms. The highest BCUT2D eigenvalue weighted by Gasteiger charge is 2.20. The Labute approximate surface area is 81.6 Å². The molecule has 0 atom stereocenters. The van der Waals surface area contributed by atoms with Crippen LogP contribution in [0.4, 0.5) is 0 Å². The highest BCUT2D eigenvalue weighted by Crippen LogP contribution is 2.23. The molecule has 0 bridgehead atoms. The number of rotatable bonds is 2. The van der Waals surface area contributed by atoms with Crippen LogP contribution >= 0.6 is 11.6 Å². The van der Waals surface area contributed by atoms with Crippen LogP contribution in [0.25, 0.3) is 0 Å². The van der Waals surface area contributed by atoms with Crippen molar-refractivity contribution in [3.63, 3.8) is 0 Å². The van der Waals surface area contributed by atoms with Crippen molar-refractivity contribution in [2.24, 2.45) is 10.7 Å². The van der Waals surface area contributed by atoms with Crippen LogP contribution < -0.4 is 5.73 Å². The summed E-state index contributed by atoms with van der Waals surface area (Å²) in [5.74, 6) is 0.513. The lowest BCUT2D eigenvalue weighted by Crippen LogP contribution is -2.15. The van der Waals surface area contributed by atoms with Gasteiger partial charge >= 0.3 is 0 Å². The van der Waals surface area contributed by atoms with E-state index in [1.165, 1.54) is 0 Å². The lowest BCUT2D eigenvalue weighted by molar-refractivity contribution is 1.05. The van der Waals surface area contributed by atoms with Crippen LogP contribution in [0.15, 0.2) is 23.3 Å². The minimum atomic E-state index is 0.428. The molecule has 2 N–H and O–H groups in total. The number of nitrogens with zero attached hydrogens (tertiary/aromatic N) is 2. The zero-order valence-corrected chi connectivity index (χ0v) is 7.83. The van der Waals surface area contributed by atoms with Gasteiger partial charge in [0.25, 0.3) is 0 Å². The van der Waals surface area contributed by atoms with Gasteiger partial charge in [0.1, 0.15) is 11.5 Å². The van der Waals surface area contributed by atoms with Crippen LogP contribution in [0, 0.1) is 0 Å². The van der Waals surface area contributed by atoms with E-state index in [1.807, 2.05) is 0 Å². The maximum atomic E-state index is 5.73. The van der Waals surface area contributed by atoms with Crippen LogP contribution in [0.2, 0.25) is 5.02 Å². The Balaban J connectivity index is 2.19. The SMILES string of the molecule is NC(=NC1CC1)c1ccc(Cl)cn1. The average Bonchev–Trinajstić information content (AvgIpc) is 2.89. The van der Waals surface area contributed by atoms with Crippen LogP contribution in [0.3, 0.4) is 0 Å². The molecule has 1 aliphatic rings. The quantitative estimate of drug-likeness (QED) is 0.576. The summed E-state index contributed by atoms with van der Waals surface area (Å²) in [6, 6.07) is 3.97. The molecule has 2 rings (SSSR count). The van der Waals surface area contributed by atoms with Gasteiger partial charge in [0.15, 0.2) is 0 Å². The van der Waals surface area contributed by atoms with Gasteiger partial charge in [-0.15, -0.1) is 0 Å². The summed E-state index contributed by atoms with van der Waals surface area (Å²) >= 11 is 5.69. The van der Waals surface area contributed by atoms with Gasteiger partial charge in [0, 0.05) is 6.20 Å². The van der Waals surface area contributed by atoms with Crippen LogP contribution in [-0.2, 0) is 0 Å². The van der Waals surface area contributed by atoms with E-state index < -0.39 is 0 Å². The Morgan fingerprint density at radius 3 is 2.85 bits per heavy atom. The number of pyridine rings is 1. The van der Waals surface area contributed by atoms with Crippen molar-refractivity contribution in [2.45, 2.75) is 18.9 Å². The monoisotopic (exact) mass is 195 g/mol. The number of amidine groups is 1. The fraction of sp³-hybridized carbons (Fsp3) is 0.333. The molecule has 0 aromatic carbocycles. The summed E-state index contributed by atoms with van der Waals surface area (Å²) in [6.07, 6.45) is 3.87. The maximum absolute atomic E-state index is 5.73. The minimum absolute atomic E-state index is 0.428. The van der Waals surface area contributed by atoms with Gasteiger partial charge in [0.05, 0.1) is 11.1 Å². The van der Waals surface area contributed by atoms with Crippen molar-refractivity contribution < 1.29 is 0 Å². The predicted octanol–water partition coefficient (Wildman–Crippen LogP) is 1.60. The first-order valence-corrected chi connectivity index (χ1v) is 4.59. The Morgan fingerprint density at radius 2 is 2.31 bits per heavy atom. The van der Waals surface area contributed by atoms with Gasteiger partial charge in [0.2, 0.25) is 0 Å². The summed E-state index contributed by atoms with van der Waals surface area (Å²) in [7, 11) is 0. The molecule has 1 fully saturated rings. The third-order valence-corrected chi connectivity index (χ3v) is 2.08. The third kappa shape index (κ3) is 2.18. The van der Waals surface area contributed by atoms with Crippen molar-refractivity contribution in [2.75, 3.05) is 0 Å². The van der Waals surface area contributed by atoms with Gasteiger partial charge in [-0.1, -0.05) is 11.6 Å². The average molecular weight is 196 g/mol. The second kappa shape index (κ2) is 3.34. The van der Waals surface area contributed by atoms with Gasteiger partial charge in [-0.25, -0.2) is 0 Å². The number of hydrogen-bond donors (Lipinski definition) is 1. The normalized spacial score (nSPS) is 17.5. The molecule has 1 heterocycles. The fourth-order valence-electron chi connectivity index (χ4n) is 0.994. The lowest BCUT2D eigenvalue weighted by Gasteiger charge is -1.98. The topological polar surface area (TPSA) is 51.3 Å². The van der Waals surface area contributed by atoms with Crippen molar-refractivity contribution in [3.8, 4) is 0 Å². The number of halogens is 1. The maximum Gasteiger partial charge on any atom is 0.144 e. The van der Waals surface area contributed by atoms with Crippen molar-refractivity contribution in [1.29, 1.82) is 0 Å². The van der Waals surface area contributed by atoms with E-state index in [4.69, 9.17) is 17.3 Å². The van der Waals surface area contributed by atoms with E-state index in [0.29, 0.717) is 22.6 Å². The van der Waals surface area contributed by atoms with E-state index in [-0.39, 0.29) is 0 Å². The highest BCUT2D eigenvalue weighted by atomic mass is 35.5. The standard InChI is InChI=1S/C9H10ClN3/c10-6-1-4-8(12-5-6)9(11)13-7-2-3-7/h1,4-5,7H,2-3H2,(H2,11,13). The molecule has 1 aromatic rings. The van der Waals surface area contributed by atoms with Gasteiger partial charge < -0.3 is 5.73 Å². The molecular weight excluding hydrogens is 186 g/mol. The van der Waals surface area contributed by atoms with Crippen LogP contribution in [-0.4, -0.2) is 16.9 Å². The zero-order valence-electron chi connectivity index (χ0n) is 7.07. The predicted molar refractivity (Wildman–Crippen MR) is 53.0 cm³/mol. The lowest BCUT2D eigenvalue weighted by atomic mass is 10.3. The molecule has 68 valence electrons. The first-order valence-electron chi connectivity index (χ1n) is 4.21. The van der Waals surface area contributed by atoms with Gasteiger partial charge in [-0.3, -0.25) is 9.98 Å². The van der Waals surface area contributed by atoms with E-state index >= 15 is 0 Å². The fourth-order valence-corrected chi connectivity index (χ4v) is 1.11. The van der Waals surface area contributed by atoms with E-state index in [1.54, 1.807) is 18.3 Å². The van der Waals surface area contributed by atoms with E-state index in [9.17, 15) is 0 Å².